The maximum absolute atomic E-state index is 13.7. The van der Waals surface area contributed by atoms with Crippen molar-refractivity contribution in [3.63, 3.8) is 0 Å². The van der Waals surface area contributed by atoms with Gasteiger partial charge in [-0.15, -0.1) is 0 Å². The number of rotatable bonds is 5. The number of benzene rings is 1. The van der Waals surface area contributed by atoms with Crippen LogP contribution in [-0.4, -0.2) is 14.5 Å². The molecule has 6 heteroatoms. The van der Waals surface area contributed by atoms with Gasteiger partial charge in [-0.3, -0.25) is 0 Å². The molecule has 0 atom stereocenters. The van der Waals surface area contributed by atoms with E-state index in [0.717, 1.165) is 32.1 Å². The fraction of sp³-hybridized carbons (Fsp3) is 0.600. The molecule has 0 aliphatic heterocycles. The van der Waals surface area contributed by atoms with E-state index < -0.39 is 15.8 Å². The summed E-state index contributed by atoms with van der Waals surface area (Å²) in [5, 5.41) is 0. The molecule has 0 heterocycles. The molecule has 118 valence electrons. The van der Waals surface area contributed by atoms with Gasteiger partial charge in [-0.2, -0.15) is 0 Å². The third-order valence-corrected chi connectivity index (χ3v) is 5.92. The van der Waals surface area contributed by atoms with Gasteiger partial charge in [-0.25, -0.2) is 17.5 Å². The molecule has 0 saturated heterocycles. The maximum atomic E-state index is 13.7. The maximum Gasteiger partial charge on any atom is 0.241 e. The summed E-state index contributed by atoms with van der Waals surface area (Å²) in [5.41, 5.74) is 5.53. The van der Waals surface area contributed by atoms with Crippen molar-refractivity contribution in [3.05, 3.63) is 29.6 Å². The minimum atomic E-state index is -3.72. The Hall–Kier alpha value is -0.980. The molecule has 4 nitrogen and oxygen atoms in total. The van der Waals surface area contributed by atoms with Crippen LogP contribution in [0.3, 0.4) is 0 Å². The van der Waals surface area contributed by atoms with E-state index in [-0.39, 0.29) is 23.0 Å². The van der Waals surface area contributed by atoms with Crippen LogP contribution in [0.4, 0.5) is 4.39 Å². The quantitative estimate of drug-likeness (QED) is 0.877. The molecule has 0 bridgehead atoms. The van der Waals surface area contributed by atoms with Gasteiger partial charge < -0.3 is 5.73 Å². The highest BCUT2D eigenvalue weighted by Crippen LogP contribution is 2.28. The second-order valence-electron chi connectivity index (χ2n) is 5.67. The molecule has 1 aromatic rings. The molecule has 21 heavy (non-hydrogen) atoms. The molecular weight excluding hydrogens is 291 g/mol. The summed E-state index contributed by atoms with van der Waals surface area (Å²) >= 11 is 0. The predicted octanol–water partition coefficient (Wildman–Crippen LogP) is 2.53. The molecular formula is C15H23FN2O2S. The van der Waals surface area contributed by atoms with Crippen LogP contribution in [0, 0.1) is 11.7 Å². The van der Waals surface area contributed by atoms with E-state index >= 15 is 0 Å². The van der Waals surface area contributed by atoms with Crippen molar-refractivity contribution in [1.29, 1.82) is 0 Å². The molecule has 2 rings (SSSR count). The highest BCUT2D eigenvalue weighted by molar-refractivity contribution is 7.89. The lowest BCUT2D eigenvalue weighted by Gasteiger charge is -2.28. The third kappa shape index (κ3) is 3.81. The van der Waals surface area contributed by atoms with Crippen LogP contribution in [0.15, 0.2) is 23.1 Å². The topological polar surface area (TPSA) is 72.2 Å². The number of halogens is 1. The van der Waals surface area contributed by atoms with Crippen molar-refractivity contribution in [2.45, 2.75) is 56.5 Å². The summed E-state index contributed by atoms with van der Waals surface area (Å²) in [6.45, 7) is 2.03. The predicted molar refractivity (Wildman–Crippen MR) is 80.6 cm³/mol. The van der Waals surface area contributed by atoms with E-state index in [1.807, 2.05) is 0 Å². The second kappa shape index (κ2) is 6.85. The van der Waals surface area contributed by atoms with E-state index in [4.69, 9.17) is 5.73 Å². The Labute approximate surface area is 126 Å². The molecule has 0 amide bonds. The van der Waals surface area contributed by atoms with Crippen molar-refractivity contribution in [3.8, 4) is 0 Å². The van der Waals surface area contributed by atoms with Crippen molar-refractivity contribution >= 4 is 10.0 Å². The van der Waals surface area contributed by atoms with Gasteiger partial charge >= 0.3 is 0 Å². The zero-order valence-electron chi connectivity index (χ0n) is 12.3. The summed E-state index contributed by atoms with van der Waals surface area (Å²) in [5.74, 6) is 0.120. The smallest absolute Gasteiger partial charge is 0.241 e. The van der Waals surface area contributed by atoms with Gasteiger partial charge in [0, 0.05) is 18.2 Å². The van der Waals surface area contributed by atoms with E-state index in [9.17, 15) is 12.8 Å². The fourth-order valence-corrected chi connectivity index (χ4v) is 4.52. The van der Waals surface area contributed by atoms with E-state index in [1.54, 1.807) is 0 Å². The fourth-order valence-electron chi connectivity index (χ4n) is 2.96. The van der Waals surface area contributed by atoms with Crippen LogP contribution in [0.1, 0.15) is 44.6 Å². The minimum Gasteiger partial charge on any atom is -0.326 e. The number of hydrogen-bond acceptors (Lipinski definition) is 3. The minimum absolute atomic E-state index is 0.0392. The van der Waals surface area contributed by atoms with Crippen molar-refractivity contribution in [2.24, 2.45) is 11.7 Å². The Bertz CT molecular complexity index is 581. The first-order chi connectivity index (χ1) is 9.97. The molecule has 0 radical (unpaired) electrons. The van der Waals surface area contributed by atoms with Crippen molar-refractivity contribution in [1.82, 2.24) is 4.72 Å². The van der Waals surface area contributed by atoms with Crippen LogP contribution in [-0.2, 0) is 16.6 Å². The molecule has 1 fully saturated rings. The van der Waals surface area contributed by atoms with E-state index in [0.29, 0.717) is 5.92 Å². The summed E-state index contributed by atoms with van der Waals surface area (Å²) in [6.07, 6.45) is 4.89. The summed E-state index contributed by atoms with van der Waals surface area (Å²) in [7, 11) is -3.72. The average Bonchev–Trinajstić information content (AvgIpc) is 2.47. The van der Waals surface area contributed by atoms with E-state index in [1.165, 1.54) is 18.2 Å². The Balaban J connectivity index is 2.14. The first kappa shape index (κ1) is 16.4. The number of nitrogens with two attached hydrogens (primary N) is 1. The van der Waals surface area contributed by atoms with Gasteiger partial charge in [0.2, 0.25) is 10.0 Å². The van der Waals surface area contributed by atoms with Crippen LogP contribution in [0.2, 0.25) is 0 Å². The lowest BCUT2D eigenvalue weighted by Crippen LogP contribution is -2.38. The van der Waals surface area contributed by atoms with Crippen LogP contribution in [0.25, 0.3) is 0 Å². The standard InChI is InChI=1S/C15H23FN2O2S/c1-2-11-6-8-12(9-7-11)18-21(19,20)15-5-3-4-14(16)13(15)10-17/h3-5,11-12,18H,2,6-10,17H2,1H3. The largest absolute Gasteiger partial charge is 0.326 e. The molecule has 0 unspecified atom stereocenters. The summed E-state index contributed by atoms with van der Waals surface area (Å²) < 4.78 is 41.3. The third-order valence-electron chi connectivity index (χ3n) is 4.32. The van der Waals surface area contributed by atoms with Crippen LogP contribution < -0.4 is 10.5 Å². The molecule has 0 aromatic heterocycles. The molecule has 1 aromatic carbocycles. The average molecular weight is 314 g/mol. The summed E-state index contributed by atoms with van der Waals surface area (Å²) in [6, 6.07) is 3.97. The zero-order chi connectivity index (χ0) is 15.5. The highest BCUT2D eigenvalue weighted by Gasteiger charge is 2.27. The lowest BCUT2D eigenvalue weighted by atomic mass is 9.85. The normalized spacial score (nSPS) is 23.2. The summed E-state index contributed by atoms with van der Waals surface area (Å²) in [4.78, 5) is -0.0392. The highest BCUT2D eigenvalue weighted by atomic mass is 32.2. The number of sulfonamides is 1. The van der Waals surface area contributed by atoms with E-state index in [2.05, 4.69) is 11.6 Å². The zero-order valence-corrected chi connectivity index (χ0v) is 13.1. The Morgan fingerprint density at radius 3 is 2.52 bits per heavy atom. The molecule has 1 aliphatic carbocycles. The Kier molecular flexibility index (Phi) is 5.35. The van der Waals surface area contributed by atoms with Crippen LogP contribution >= 0.6 is 0 Å². The van der Waals surface area contributed by atoms with Gasteiger partial charge in [0.1, 0.15) is 5.82 Å². The SMILES string of the molecule is CCC1CCC(NS(=O)(=O)c2cccc(F)c2CN)CC1. The lowest BCUT2D eigenvalue weighted by molar-refractivity contribution is 0.306. The van der Waals surface area contributed by atoms with Gasteiger partial charge in [0.25, 0.3) is 0 Å². The van der Waals surface area contributed by atoms with Crippen molar-refractivity contribution in [2.75, 3.05) is 0 Å². The van der Waals surface area contributed by atoms with Gasteiger partial charge in [0.15, 0.2) is 0 Å². The van der Waals surface area contributed by atoms with Crippen molar-refractivity contribution < 1.29 is 12.8 Å². The molecule has 0 spiro atoms. The Morgan fingerprint density at radius 2 is 1.95 bits per heavy atom. The molecule has 1 saturated carbocycles. The number of hydrogen-bond donors (Lipinski definition) is 2. The first-order valence-electron chi connectivity index (χ1n) is 7.47. The second-order valence-corrected chi connectivity index (χ2v) is 7.35. The first-order valence-corrected chi connectivity index (χ1v) is 8.96. The molecule has 1 aliphatic rings. The number of nitrogens with one attached hydrogen (secondary N) is 1. The van der Waals surface area contributed by atoms with Gasteiger partial charge in [-0.1, -0.05) is 19.4 Å². The van der Waals surface area contributed by atoms with Crippen LogP contribution in [0.5, 0.6) is 0 Å². The molecule has 3 N–H and O–H groups in total. The monoisotopic (exact) mass is 314 g/mol. The van der Waals surface area contributed by atoms with Gasteiger partial charge in [-0.05, 0) is 43.7 Å². The Morgan fingerprint density at radius 1 is 1.29 bits per heavy atom. The van der Waals surface area contributed by atoms with Gasteiger partial charge in [0.05, 0.1) is 4.90 Å².